The number of ether oxygens (including phenoxy) is 1. The normalized spacial score (nSPS) is 19.0. The van der Waals surface area contributed by atoms with Crippen LogP contribution in [0.25, 0.3) is 11.1 Å². The summed E-state index contributed by atoms with van der Waals surface area (Å²) >= 11 is 0. The number of benzene rings is 1. The van der Waals surface area contributed by atoms with Crippen LogP contribution in [0.15, 0.2) is 30.5 Å². The molecule has 0 amide bonds. The summed E-state index contributed by atoms with van der Waals surface area (Å²) in [5, 5.41) is 3.30. The Labute approximate surface area is 150 Å². The molecule has 0 unspecified atom stereocenters. The van der Waals surface area contributed by atoms with Gasteiger partial charge in [0.05, 0.1) is 18.3 Å². The number of aromatic amines is 1. The number of hydrogen-bond donors (Lipinski definition) is 2. The lowest BCUT2D eigenvalue weighted by atomic mass is 9.97. The van der Waals surface area contributed by atoms with E-state index in [4.69, 9.17) is 4.74 Å². The van der Waals surface area contributed by atoms with Crippen LogP contribution in [-0.4, -0.2) is 24.2 Å². The van der Waals surface area contributed by atoms with Crippen LogP contribution < -0.4 is 5.32 Å². The lowest BCUT2D eigenvalue weighted by molar-refractivity contribution is -0.137. The molecule has 26 heavy (non-hydrogen) atoms. The number of H-pyrrole nitrogens is 1. The highest BCUT2D eigenvalue weighted by atomic mass is 19.4. The van der Waals surface area contributed by atoms with Crippen LogP contribution in [0, 0.1) is 0 Å². The Morgan fingerprint density at radius 2 is 1.73 bits per heavy atom. The van der Waals surface area contributed by atoms with Gasteiger partial charge in [0.25, 0.3) is 0 Å². The number of piperidine rings is 1. The van der Waals surface area contributed by atoms with Crippen LogP contribution in [0.4, 0.5) is 13.2 Å². The zero-order chi connectivity index (χ0) is 18.1. The lowest BCUT2D eigenvalue weighted by Crippen LogP contribution is -2.32. The van der Waals surface area contributed by atoms with E-state index < -0.39 is 11.7 Å². The average molecular weight is 364 g/mol. The molecular formula is C20H23F3N2O. The summed E-state index contributed by atoms with van der Waals surface area (Å²) in [4.78, 5) is 3.24. The molecule has 0 spiro atoms. The first-order chi connectivity index (χ1) is 12.5. The third-order valence-electron chi connectivity index (χ3n) is 5.28. The molecular weight excluding hydrogens is 341 g/mol. The van der Waals surface area contributed by atoms with E-state index in [0.29, 0.717) is 18.1 Å². The summed E-state index contributed by atoms with van der Waals surface area (Å²) in [5.74, 6) is 0.424. The van der Waals surface area contributed by atoms with Crippen molar-refractivity contribution in [3.05, 3.63) is 47.3 Å². The van der Waals surface area contributed by atoms with E-state index in [2.05, 4.69) is 10.3 Å². The summed E-state index contributed by atoms with van der Waals surface area (Å²) < 4.78 is 46.5. The van der Waals surface area contributed by atoms with Crippen molar-refractivity contribution in [2.75, 3.05) is 13.1 Å². The van der Waals surface area contributed by atoms with Crippen molar-refractivity contribution >= 4 is 0 Å². The molecule has 0 radical (unpaired) electrons. The second-order valence-electron chi connectivity index (χ2n) is 7.17. The monoisotopic (exact) mass is 364 g/mol. The Kier molecular flexibility index (Phi) is 4.80. The number of halogens is 3. The Morgan fingerprint density at radius 1 is 1.00 bits per heavy atom. The van der Waals surface area contributed by atoms with Gasteiger partial charge in [0.15, 0.2) is 0 Å². The van der Waals surface area contributed by atoms with E-state index >= 15 is 0 Å². The number of nitrogens with one attached hydrogen (secondary N) is 2. The molecule has 1 aliphatic heterocycles. The van der Waals surface area contributed by atoms with Gasteiger partial charge in [-0.15, -0.1) is 0 Å². The van der Waals surface area contributed by atoms with Crippen LogP contribution in [0.1, 0.15) is 48.4 Å². The summed E-state index contributed by atoms with van der Waals surface area (Å²) in [6, 6.07) is 5.80. The Morgan fingerprint density at radius 3 is 2.42 bits per heavy atom. The van der Waals surface area contributed by atoms with Gasteiger partial charge in [0.2, 0.25) is 0 Å². The maximum absolute atomic E-state index is 13.5. The lowest BCUT2D eigenvalue weighted by Gasteiger charge is -2.23. The fourth-order valence-electron chi connectivity index (χ4n) is 3.73. The van der Waals surface area contributed by atoms with Crippen molar-refractivity contribution in [1.29, 1.82) is 0 Å². The van der Waals surface area contributed by atoms with Crippen molar-refractivity contribution in [3.8, 4) is 11.1 Å². The van der Waals surface area contributed by atoms with Gasteiger partial charge in [0.1, 0.15) is 0 Å². The second kappa shape index (κ2) is 7.08. The topological polar surface area (TPSA) is 37.0 Å². The first kappa shape index (κ1) is 17.6. The zero-order valence-electron chi connectivity index (χ0n) is 14.5. The molecule has 6 heteroatoms. The minimum absolute atomic E-state index is 0.170. The largest absolute Gasteiger partial charge is 0.417 e. The fraction of sp³-hybridized carbons (Fsp3) is 0.500. The summed E-state index contributed by atoms with van der Waals surface area (Å²) in [7, 11) is 0. The van der Waals surface area contributed by atoms with Crippen LogP contribution in [0.3, 0.4) is 0 Å². The Bertz CT molecular complexity index is 759. The first-order valence-electron chi connectivity index (χ1n) is 9.23. The number of alkyl halides is 3. The summed E-state index contributed by atoms with van der Waals surface area (Å²) in [5.41, 5.74) is 2.19. The van der Waals surface area contributed by atoms with Crippen molar-refractivity contribution in [1.82, 2.24) is 10.3 Å². The van der Waals surface area contributed by atoms with E-state index in [1.165, 1.54) is 6.07 Å². The molecule has 2 aromatic rings. The SMILES string of the molecule is FC(F)(F)c1ccccc1-c1c[nH]c(C2CC2)c1COC1CCNCC1. The number of hydrogen-bond acceptors (Lipinski definition) is 2. The average Bonchev–Trinajstić information content (AvgIpc) is 3.40. The predicted octanol–water partition coefficient (Wildman–Crippen LogP) is 4.85. The van der Waals surface area contributed by atoms with E-state index in [9.17, 15) is 13.2 Å². The molecule has 2 heterocycles. The molecule has 0 atom stereocenters. The van der Waals surface area contributed by atoms with Crippen LogP contribution in [-0.2, 0) is 17.5 Å². The molecule has 1 aromatic carbocycles. The molecule has 3 nitrogen and oxygen atoms in total. The minimum atomic E-state index is -4.37. The molecule has 2 fully saturated rings. The molecule has 2 N–H and O–H groups in total. The highest BCUT2D eigenvalue weighted by Crippen LogP contribution is 2.45. The van der Waals surface area contributed by atoms with Gasteiger partial charge in [-0.1, -0.05) is 18.2 Å². The first-order valence-corrected chi connectivity index (χ1v) is 9.23. The summed E-state index contributed by atoms with van der Waals surface area (Å²) in [6.07, 6.45) is 1.57. The maximum atomic E-state index is 13.5. The minimum Gasteiger partial charge on any atom is -0.373 e. The molecule has 1 aromatic heterocycles. The molecule has 1 saturated heterocycles. The van der Waals surface area contributed by atoms with Crippen molar-refractivity contribution in [2.45, 2.75) is 50.5 Å². The third kappa shape index (κ3) is 3.67. The summed E-state index contributed by atoms with van der Waals surface area (Å²) in [6.45, 7) is 2.22. The third-order valence-corrected chi connectivity index (χ3v) is 5.28. The Hall–Kier alpha value is -1.79. The van der Waals surface area contributed by atoms with Gasteiger partial charge < -0.3 is 15.0 Å². The van der Waals surface area contributed by atoms with Gasteiger partial charge in [-0.2, -0.15) is 13.2 Å². The second-order valence-corrected chi connectivity index (χ2v) is 7.17. The molecule has 1 aliphatic carbocycles. The fourth-order valence-corrected chi connectivity index (χ4v) is 3.73. The molecule has 140 valence electrons. The Balaban J connectivity index is 1.66. The molecule has 4 rings (SSSR count). The van der Waals surface area contributed by atoms with E-state index in [1.54, 1.807) is 18.3 Å². The van der Waals surface area contributed by atoms with Crippen molar-refractivity contribution in [2.24, 2.45) is 0 Å². The van der Waals surface area contributed by atoms with Gasteiger partial charge in [-0.25, -0.2) is 0 Å². The molecule has 0 bridgehead atoms. The van der Waals surface area contributed by atoms with Gasteiger partial charge >= 0.3 is 6.18 Å². The van der Waals surface area contributed by atoms with Crippen LogP contribution >= 0.6 is 0 Å². The van der Waals surface area contributed by atoms with Crippen molar-refractivity contribution < 1.29 is 17.9 Å². The number of rotatable bonds is 5. The number of aromatic nitrogens is 1. The van der Waals surface area contributed by atoms with E-state index in [0.717, 1.165) is 56.1 Å². The van der Waals surface area contributed by atoms with E-state index in [-0.39, 0.29) is 11.7 Å². The van der Waals surface area contributed by atoms with E-state index in [1.807, 2.05) is 0 Å². The quantitative estimate of drug-likeness (QED) is 0.796. The highest BCUT2D eigenvalue weighted by Gasteiger charge is 2.35. The van der Waals surface area contributed by atoms with Crippen molar-refractivity contribution in [3.63, 3.8) is 0 Å². The van der Waals surface area contributed by atoms with Gasteiger partial charge in [-0.3, -0.25) is 0 Å². The molecule has 2 aliphatic rings. The van der Waals surface area contributed by atoms with Gasteiger partial charge in [-0.05, 0) is 56.3 Å². The van der Waals surface area contributed by atoms with Crippen LogP contribution in [0.2, 0.25) is 0 Å². The standard InChI is InChI=1S/C20H23F3N2O/c21-20(22,23)18-4-2-1-3-15(18)16-11-25-19(13-5-6-13)17(16)12-26-14-7-9-24-10-8-14/h1-4,11,13-14,24-25H,5-10,12H2. The zero-order valence-corrected chi connectivity index (χ0v) is 14.5. The predicted molar refractivity (Wildman–Crippen MR) is 93.9 cm³/mol. The van der Waals surface area contributed by atoms with Gasteiger partial charge in [0, 0.05) is 23.0 Å². The maximum Gasteiger partial charge on any atom is 0.417 e. The molecule has 1 saturated carbocycles. The smallest absolute Gasteiger partial charge is 0.373 e. The highest BCUT2D eigenvalue weighted by molar-refractivity contribution is 5.72. The van der Waals surface area contributed by atoms with Crippen LogP contribution in [0.5, 0.6) is 0 Å².